The lowest BCUT2D eigenvalue weighted by Crippen LogP contribution is -2.06. The van der Waals surface area contributed by atoms with Crippen molar-refractivity contribution in [3.8, 4) is 17.2 Å². The zero-order valence-corrected chi connectivity index (χ0v) is 15.5. The molecule has 0 bridgehead atoms. The summed E-state index contributed by atoms with van der Waals surface area (Å²) in [5.74, 6) is 1.87. The molecule has 0 saturated heterocycles. The molecule has 0 fully saturated rings. The second-order valence-electron chi connectivity index (χ2n) is 5.49. The summed E-state index contributed by atoms with van der Waals surface area (Å²) in [6, 6.07) is 10.9. The summed E-state index contributed by atoms with van der Waals surface area (Å²) in [6.07, 6.45) is 5.32. The Morgan fingerprint density at radius 2 is 1.84 bits per heavy atom. The largest absolute Gasteiger partial charge is 0.497 e. The highest BCUT2D eigenvalue weighted by atomic mass is 79.9. The zero-order chi connectivity index (χ0) is 17.8. The predicted octanol–water partition coefficient (Wildman–Crippen LogP) is 4.68. The van der Waals surface area contributed by atoms with Crippen molar-refractivity contribution in [1.29, 1.82) is 0 Å². The van der Waals surface area contributed by atoms with Crippen LogP contribution in [-0.4, -0.2) is 26.6 Å². The predicted molar refractivity (Wildman–Crippen MR) is 101 cm³/mol. The normalized spacial score (nSPS) is 13.0. The Bertz CT molecular complexity index is 846. The summed E-state index contributed by atoms with van der Waals surface area (Å²) in [7, 11) is 3.11. The number of carbonyl (C=O) groups is 1. The van der Waals surface area contributed by atoms with Gasteiger partial charge in [-0.15, -0.1) is 0 Å². The monoisotopic (exact) mass is 400 g/mol. The summed E-state index contributed by atoms with van der Waals surface area (Å²) in [5.41, 5.74) is 2.41. The maximum Gasteiger partial charge on any atom is 0.186 e. The lowest BCUT2D eigenvalue weighted by molar-refractivity contribution is 0.104. The van der Waals surface area contributed by atoms with E-state index in [2.05, 4.69) is 15.9 Å². The summed E-state index contributed by atoms with van der Waals surface area (Å²) in [5, 5.41) is 0. The lowest BCUT2D eigenvalue weighted by Gasteiger charge is -2.16. The highest BCUT2D eigenvalue weighted by Crippen LogP contribution is 2.29. The molecule has 1 aliphatic rings. The van der Waals surface area contributed by atoms with Gasteiger partial charge in [0, 0.05) is 21.7 Å². The molecule has 2 aromatic rings. The topological polar surface area (TPSA) is 44.8 Å². The van der Waals surface area contributed by atoms with E-state index in [1.807, 2.05) is 24.3 Å². The van der Waals surface area contributed by atoms with E-state index in [0.29, 0.717) is 23.7 Å². The molecule has 25 heavy (non-hydrogen) atoms. The van der Waals surface area contributed by atoms with E-state index >= 15 is 0 Å². The van der Waals surface area contributed by atoms with Crippen molar-refractivity contribution >= 4 is 27.8 Å². The first kappa shape index (κ1) is 17.3. The van der Waals surface area contributed by atoms with Gasteiger partial charge < -0.3 is 14.2 Å². The molecular weight excluding hydrogens is 384 g/mol. The Balaban J connectivity index is 1.81. The van der Waals surface area contributed by atoms with Gasteiger partial charge in [-0.3, -0.25) is 4.79 Å². The van der Waals surface area contributed by atoms with Crippen LogP contribution in [0.15, 0.2) is 58.6 Å². The molecule has 0 radical (unpaired) electrons. The van der Waals surface area contributed by atoms with Crippen LogP contribution in [0.4, 0.5) is 0 Å². The van der Waals surface area contributed by atoms with Crippen LogP contribution in [-0.2, 0) is 0 Å². The number of hydrogen-bond acceptors (Lipinski definition) is 4. The number of halogens is 1. The minimum Gasteiger partial charge on any atom is -0.497 e. The fraction of sp³-hybridized carbons (Fsp3) is 0.150. The van der Waals surface area contributed by atoms with Gasteiger partial charge >= 0.3 is 0 Å². The van der Waals surface area contributed by atoms with Gasteiger partial charge in [0.05, 0.1) is 14.2 Å². The third kappa shape index (κ3) is 4.12. The number of ether oxygens (including phenoxy) is 3. The molecule has 1 heterocycles. The first-order valence-corrected chi connectivity index (χ1v) is 8.47. The third-order valence-corrected chi connectivity index (χ3v) is 4.29. The van der Waals surface area contributed by atoms with Gasteiger partial charge in [-0.25, -0.2) is 0 Å². The van der Waals surface area contributed by atoms with Crippen molar-refractivity contribution in [3.05, 3.63) is 69.7 Å². The molecule has 1 aliphatic heterocycles. The van der Waals surface area contributed by atoms with E-state index in [9.17, 15) is 4.79 Å². The number of benzene rings is 2. The van der Waals surface area contributed by atoms with Crippen LogP contribution in [0.3, 0.4) is 0 Å². The molecule has 5 heteroatoms. The van der Waals surface area contributed by atoms with Gasteiger partial charge in [0.25, 0.3) is 0 Å². The van der Waals surface area contributed by atoms with Gasteiger partial charge in [0.2, 0.25) is 0 Å². The molecule has 0 N–H and O–H groups in total. The summed E-state index contributed by atoms with van der Waals surface area (Å²) in [4.78, 5) is 12.4. The Morgan fingerprint density at radius 1 is 1.12 bits per heavy atom. The van der Waals surface area contributed by atoms with Crippen LogP contribution in [0, 0.1) is 0 Å². The fourth-order valence-electron chi connectivity index (χ4n) is 2.49. The maximum atomic E-state index is 12.4. The van der Waals surface area contributed by atoms with Crippen LogP contribution in [0.5, 0.6) is 17.2 Å². The molecule has 2 aromatic carbocycles. The molecule has 0 amide bonds. The van der Waals surface area contributed by atoms with E-state index in [1.165, 1.54) is 6.08 Å². The minimum atomic E-state index is -0.127. The van der Waals surface area contributed by atoms with Crippen LogP contribution < -0.4 is 14.2 Å². The molecule has 3 rings (SSSR count). The van der Waals surface area contributed by atoms with Crippen molar-refractivity contribution < 1.29 is 19.0 Å². The van der Waals surface area contributed by atoms with E-state index in [-0.39, 0.29) is 5.78 Å². The molecule has 0 aromatic heterocycles. The molecule has 0 atom stereocenters. The molecule has 0 spiro atoms. The number of methoxy groups -OCH3 is 2. The van der Waals surface area contributed by atoms with Crippen molar-refractivity contribution in [2.75, 3.05) is 20.8 Å². The minimum absolute atomic E-state index is 0.127. The Hall–Kier alpha value is -2.53. The summed E-state index contributed by atoms with van der Waals surface area (Å²) in [6.45, 7) is 0.430. The molecule has 0 aliphatic carbocycles. The van der Waals surface area contributed by atoms with Crippen LogP contribution in [0.25, 0.3) is 6.08 Å². The number of allylic oxidation sites excluding steroid dienone is 1. The average Bonchev–Trinajstić information content (AvgIpc) is 2.65. The number of hydrogen-bond donors (Lipinski definition) is 0. The molecule has 128 valence electrons. The van der Waals surface area contributed by atoms with Gasteiger partial charge in [-0.1, -0.05) is 22.0 Å². The van der Waals surface area contributed by atoms with Crippen molar-refractivity contribution in [2.45, 2.75) is 0 Å². The van der Waals surface area contributed by atoms with Crippen molar-refractivity contribution in [1.82, 2.24) is 0 Å². The highest BCUT2D eigenvalue weighted by molar-refractivity contribution is 9.10. The number of fused-ring (bicyclic) bond motifs is 1. The quantitative estimate of drug-likeness (QED) is 0.539. The van der Waals surface area contributed by atoms with Crippen LogP contribution in [0.1, 0.15) is 15.9 Å². The second kappa shape index (κ2) is 7.57. The van der Waals surface area contributed by atoms with Crippen molar-refractivity contribution in [3.63, 3.8) is 0 Å². The molecule has 4 nitrogen and oxygen atoms in total. The standard InChI is InChI=1S/C20H17BrO4/c1-23-17-9-14(10-18(11-17)24-2)19(22)5-3-13-7-15-8-16(21)4-6-20(15)25-12-13/h3-11H,12H2,1-2H3/b5-3+. The smallest absolute Gasteiger partial charge is 0.186 e. The fourth-order valence-corrected chi connectivity index (χ4v) is 2.87. The van der Waals surface area contributed by atoms with Crippen molar-refractivity contribution in [2.24, 2.45) is 0 Å². The Morgan fingerprint density at radius 3 is 2.52 bits per heavy atom. The molecule has 0 unspecified atom stereocenters. The molecular formula is C20H17BrO4. The first-order chi connectivity index (χ1) is 12.1. The van der Waals surface area contributed by atoms with Crippen LogP contribution in [0.2, 0.25) is 0 Å². The Labute approximate surface area is 154 Å². The van der Waals surface area contributed by atoms with E-state index in [0.717, 1.165) is 21.4 Å². The van der Waals surface area contributed by atoms with E-state index in [1.54, 1.807) is 38.5 Å². The maximum absolute atomic E-state index is 12.4. The van der Waals surface area contributed by atoms with Gasteiger partial charge in [-0.2, -0.15) is 0 Å². The van der Waals surface area contributed by atoms with Crippen LogP contribution >= 0.6 is 15.9 Å². The third-order valence-electron chi connectivity index (χ3n) is 3.79. The van der Waals surface area contributed by atoms with E-state index < -0.39 is 0 Å². The van der Waals surface area contributed by atoms with Gasteiger partial charge in [-0.05, 0) is 48.1 Å². The van der Waals surface area contributed by atoms with E-state index in [4.69, 9.17) is 14.2 Å². The zero-order valence-electron chi connectivity index (χ0n) is 13.9. The summed E-state index contributed by atoms with van der Waals surface area (Å²) >= 11 is 3.45. The number of carbonyl (C=O) groups excluding carboxylic acids is 1. The van der Waals surface area contributed by atoms with Gasteiger partial charge in [0.1, 0.15) is 23.9 Å². The van der Waals surface area contributed by atoms with Gasteiger partial charge in [0.15, 0.2) is 5.78 Å². The molecule has 0 saturated carbocycles. The average molecular weight is 401 g/mol. The Kier molecular flexibility index (Phi) is 5.24. The number of rotatable bonds is 5. The summed E-state index contributed by atoms with van der Waals surface area (Å²) < 4.78 is 17.1. The number of ketones is 1. The highest BCUT2D eigenvalue weighted by Gasteiger charge is 2.11. The first-order valence-electron chi connectivity index (χ1n) is 7.67. The second-order valence-corrected chi connectivity index (χ2v) is 6.40. The SMILES string of the molecule is COc1cc(OC)cc(C(=O)/C=C/C2=Cc3cc(Br)ccc3OC2)c1. The lowest BCUT2D eigenvalue weighted by atomic mass is 10.1.